The number of benzene rings is 1. The molecule has 1 aromatic carbocycles. The Morgan fingerprint density at radius 1 is 1.33 bits per heavy atom. The monoisotopic (exact) mass is 348 g/mol. The van der Waals surface area contributed by atoms with Crippen molar-refractivity contribution in [3.8, 4) is 0 Å². The molecule has 1 N–H and O–H groups in total. The van der Waals surface area contributed by atoms with Gasteiger partial charge in [0, 0.05) is 11.9 Å². The third-order valence-electron chi connectivity index (χ3n) is 4.82. The molecule has 3 rings (SSSR count). The van der Waals surface area contributed by atoms with Crippen LogP contribution >= 0.6 is 11.6 Å². The number of hydrogen-bond acceptors (Lipinski definition) is 2. The van der Waals surface area contributed by atoms with Gasteiger partial charge in [-0.2, -0.15) is 4.73 Å². The van der Waals surface area contributed by atoms with Gasteiger partial charge in [0.1, 0.15) is 6.61 Å². The van der Waals surface area contributed by atoms with Gasteiger partial charge in [0.25, 0.3) is 5.91 Å². The average Bonchev–Trinajstić information content (AvgIpc) is 2.96. The summed E-state index contributed by atoms with van der Waals surface area (Å²) in [4.78, 5) is 18.2. The molecule has 130 valence electrons. The molecular weight excluding hydrogens is 324 g/mol. The number of amides is 1. The van der Waals surface area contributed by atoms with Gasteiger partial charge in [-0.3, -0.25) is 4.79 Å². The number of fused-ring (bicyclic) bond motifs is 1. The lowest BCUT2D eigenvalue weighted by atomic mass is 9.87. The summed E-state index contributed by atoms with van der Waals surface area (Å²) in [5, 5.41) is 4.38. The number of aromatic nitrogens is 1. The number of rotatable bonds is 6. The van der Waals surface area contributed by atoms with Crippen LogP contribution in [0.15, 0.2) is 24.4 Å². The minimum atomic E-state index is -0.0811. The van der Waals surface area contributed by atoms with E-state index in [1.807, 2.05) is 19.1 Å². The summed E-state index contributed by atoms with van der Waals surface area (Å²) >= 11 is 6.33. The molecule has 4 nitrogen and oxygen atoms in total. The van der Waals surface area contributed by atoms with Gasteiger partial charge < -0.3 is 10.2 Å². The zero-order valence-corrected chi connectivity index (χ0v) is 14.9. The van der Waals surface area contributed by atoms with Gasteiger partial charge in [-0.25, -0.2) is 0 Å². The molecule has 2 aromatic rings. The van der Waals surface area contributed by atoms with Gasteiger partial charge >= 0.3 is 0 Å². The topological polar surface area (TPSA) is 43.3 Å². The summed E-state index contributed by atoms with van der Waals surface area (Å²) in [6, 6.07) is 5.58. The standard InChI is InChI=1S/C19H25ClN2O2/c1-2-24-22-13-15(18-16(20)9-6-10-17(18)22)19(23)21-12-11-14-7-4-3-5-8-14/h6,9-10,13-14H,2-5,7-8,11-12H2,1H3,(H,21,23). The second-order valence-corrected chi connectivity index (χ2v) is 6.88. The Kier molecular flexibility index (Phi) is 5.67. The number of nitrogens with zero attached hydrogens (tertiary/aromatic N) is 1. The predicted molar refractivity (Wildman–Crippen MR) is 97.6 cm³/mol. The van der Waals surface area contributed by atoms with Crippen molar-refractivity contribution < 1.29 is 9.63 Å². The molecule has 24 heavy (non-hydrogen) atoms. The fourth-order valence-electron chi connectivity index (χ4n) is 3.59. The summed E-state index contributed by atoms with van der Waals surface area (Å²) < 4.78 is 1.64. The molecule has 1 fully saturated rings. The van der Waals surface area contributed by atoms with E-state index in [4.69, 9.17) is 16.4 Å². The van der Waals surface area contributed by atoms with E-state index in [-0.39, 0.29) is 5.91 Å². The Bertz CT molecular complexity index is 705. The fourth-order valence-corrected chi connectivity index (χ4v) is 3.86. The zero-order valence-electron chi connectivity index (χ0n) is 14.2. The van der Waals surface area contributed by atoms with Crippen molar-refractivity contribution >= 4 is 28.4 Å². The predicted octanol–water partition coefficient (Wildman–Crippen LogP) is 4.44. The van der Waals surface area contributed by atoms with Crippen molar-refractivity contribution in [3.63, 3.8) is 0 Å². The van der Waals surface area contributed by atoms with E-state index in [1.54, 1.807) is 17.0 Å². The van der Waals surface area contributed by atoms with E-state index >= 15 is 0 Å². The quantitative estimate of drug-likeness (QED) is 0.838. The van der Waals surface area contributed by atoms with Crippen LogP contribution in [0.4, 0.5) is 0 Å². The minimum absolute atomic E-state index is 0.0811. The largest absolute Gasteiger partial charge is 0.414 e. The van der Waals surface area contributed by atoms with Crippen LogP contribution in [0.5, 0.6) is 0 Å². The minimum Gasteiger partial charge on any atom is -0.414 e. The molecule has 5 heteroatoms. The Morgan fingerprint density at radius 2 is 2.12 bits per heavy atom. The molecule has 1 aliphatic rings. The number of nitrogens with one attached hydrogen (secondary N) is 1. The van der Waals surface area contributed by atoms with Crippen LogP contribution in [0.1, 0.15) is 55.8 Å². The molecule has 1 aliphatic carbocycles. The lowest BCUT2D eigenvalue weighted by molar-refractivity contribution is 0.0946. The van der Waals surface area contributed by atoms with E-state index < -0.39 is 0 Å². The maximum absolute atomic E-state index is 12.6. The van der Waals surface area contributed by atoms with Crippen LogP contribution in [0.25, 0.3) is 10.9 Å². The van der Waals surface area contributed by atoms with E-state index in [9.17, 15) is 4.79 Å². The SMILES string of the molecule is CCOn1cc(C(=O)NCCC2CCCCC2)c2c(Cl)cccc21. The number of halogens is 1. The Labute approximate surface area is 148 Å². The number of hydrogen-bond donors (Lipinski definition) is 1. The number of carbonyl (C=O) groups is 1. The molecule has 0 atom stereocenters. The smallest absolute Gasteiger partial charge is 0.253 e. The van der Waals surface area contributed by atoms with Crippen molar-refractivity contribution in [2.45, 2.75) is 45.4 Å². The van der Waals surface area contributed by atoms with Crippen molar-refractivity contribution in [1.82, 2.24) is 10.0 Å². The van der Waals surface area contributed by atoms with Crippen LogP contribution in [-0.4, -0.2) is 23.8 Å². The maximum Gasteiger partial charge on any atom is 0.253 e. The summed E-state index contributed by atoms with van der Waals surface area (Å²) in [6.45, 7) is 3.16. The highest BCUT2D eigenvalue weighted by Crippen LogP contribution is 2.29. The van der Waals surface area contributed by atoms with Crippen LogP contribution < -0.4 is 10.2 Å². The molecule has 0 spiro atoms. The molecule has 0 radical (unpaired) electrons. The molecule has 1 saturated carbocycles. The summed E-state index contributed by atoms with van der Waals surface area (Å²) in [5.74, 6) is 0.676. The molecule has 1 heterocycles. The van der Waals surface area contributed by atoms with Crippen LogP contribution in [-0.2, 0) is 0 Å². The van der Waals surface area contributed by atoms with Gasteiger partial charge in [0.05, 0.1) is 22.3 Å². The van der Waals surface area contributed by atoms with E-state index in [2.05, 4.69) is 5.32 Å². The van der Waals surface area contributed by atoms with Gasteiger partial charge in [-0.05, 0) is 31.4 Å². The third-order valence-corrected chi connectivity index (χ3v) is 5.14. The second kappa shape index (κ2) is 7.93. The lowest BCUT2D eigenvalue weighted by Gasteiger charge is -2.21. The third kappa shape index (κ3) is 3.69. The lowest BCUT2D eigenvalue weighted by Crippen LogP contribution is -2.26. The highest BCUT2D eigenvalue weighted by molar-refractivity contribution is 6.36. The fraction of sp³-hybridized carbons (Fsp3) is 0.526. The first-order valence-corrected chi connectivity index (χ1v) is 9.29. The van der Waals surface area contributed by atoms with Crippen molar-refractivity contribution in [1.29, 1.82) is 0 Å². The van der Waals surface area contributed by atoms with E-state index in [0.29, 0.717) is 17.2 Å². The van der Waals surface area contributed by atoms with Gasteiger partial charge in [0.2, 0.25) is 0 Å². The van der Waals surface area contributed by atoms with Crippen molar-refractivity contribution in [2.75, 3.05) is 13.2 Å². The van der Waals surface area contributed by atoms with Gasteiger partial charge in [0.15, 0.2) is 0 Å². The molecule has 0 saturated heterocycles. The Morgan fingerprint density at radius 3 is 2.88 bits per heavy atom. The van der Waals surface area contributed by atoms with E-state index in [0.717, 1.165) is 29.8 Å². The average molecular weight is 349 g/mol. The van der Waals surface area contributed by atoms with Crippen LogP contribution in [0.2, 0.25) is 5.02 Å². The molecule has 0 aliphatic heterocycles. The highest BCUT2D eigenvalue weighted by Gasteiger charge is 2.19. The van der Waals surface area contributed by atoms with Gasteiger partial charge in [-0.1, -0.05) is 49.8 Å². The van der Waals surface area contributed by atoms with Gasteiger partial charge in [-0.15, -0.1) is 0 Å². The number of carbonyl (C=O) groups excluding carboxylic acids is 1. The van der Waals surface area contributed by atoms with Crippen LogP contribution in [0, 0.1) is 5.92 Å². The second-order valence-electron chi connectivity index (χ2n) is 6.47. The summed E-state index contributed by atoms with van der Waals surface area (Å²) in [5.41, 5.74) is 1.40. The van der Waals surface area contributed by atoms with Crippen molar-refractivity contribution in [2.24, 2.45) is 5.92 Å². The molecular formula is C19H25ClN2O2. The normalized spacial score (nSPS) is 15.6. The first kappa shape index (κ1) is 17.2. The van der Waals surface area contributed by atoms with Crippen LogP contribution in [0.3, 0.4) is 0 Å². The molecule has 1 aromatic heterocycles. The Hall–Kier alpha value is -1.68. The molecule has 0 unspecified atom stereocenters. The molecule has 0 bridgehead atoms. The highest BCUT2D eigenvalue weighted by atomic mass is 35.5. The first-order chi connectivity index (χ1) is 11.7. The van der Waals surface area contributed by atoms with Crippen molar-refractivity contribution in [3.05, 3.63) is 35.0 Å². The molecule has 1 amide bonds. The summed E-state index contributed by atoms with van der Waals surface area (Å²) in [6.07, 6.45) is 9.40. The maximum atomic E-state index is 12.6. The zero-order chi connectivity index (χ0) is 16.9. The summed E-state index contributed by atoms with van der Waals surface area (Å²) in [7, 11) is 0. The Balaban J connectivity index is 1.72. The van der Waals surface area contributed by atoms with E-state index in [1.165, 1.54) is 32.1 Å². The first-order valence-electron chi connectivity index (χ1n) is 8.91.